The van der Waals surface area contributed by atoms with Gasteiger partial charge in [-0.05, 0) is 24.3 Å². The maximum absolute atomic E-state index is 5.88. The summed E-state index contributed by atoms with van der Waals surface area (Å²) in [6, 6.07) is 10.5. The van der Waals surface area contributed by atoms with Crippen LogP contribution in [0.3, 0.4) is 0 Å². The highest BCUT2D eigenvalue weighted by molar-refractivity contribution is 6.31. The molecule has 1 heterocycles. The van der Waals surface area contributed by atoms with E-state index in [2.05, 4.69) is 15.0 Å². The van der Waals surface area contributed by atoms with E-state index < -0.39 is 0 Å². The summed E-state index contributed by atoms with van der Waals surface area (Å²) in [6.45, 7) is 0. The van der Waals surface area contributed by atoms with E-state index in [0.717, 1.165) is 0 Å². The van der Waals surface area contributed by atoms with Crippen molar-refractivity contribution in [2.45, 2.75) is 0 Å². The number of nitrogens with two attached hydrogens (primary N) is 2. The highest BCUT2D eigenvalue weighted by atomic mass is 35.5. The molecule has 19 heavy (non-hydrogen) atoms. The number of amidine groups is 1. The Kier molecular flexibility index (Phi) is 4.10. The van der Waals surface area contributed by atoms with Crippen LogP contribution in [0.15, 0.2) is 58.8 Å². The van der Waals surface area contributed by atoms with Crippen LogP contribution in [0.5, 0.6) is 0 Å². The van der Waals surface area contributed by atoms with Gasteiger partial charge in [-0.25, -0.2) is 4.99 Å². The number of rotatable bonds is 2. The van der Waals surface area contributed by atoms with Crippen LogP contribution in [0.2, 0.25) is 5.02 Å². The van der Waals surface area contributed by atoms with E-state index >= 15 is 0 Å². The Morgan fingerprint density at radius 3 is 2.53 bits per heavy atom. The van der Waals surface area contributed by atoms with Crippen molar-refractivity contribution < 1.29 is 0 Å². The van der Waals surface area contributed by atoms with Gasteiger partial charge in [-0.2, -0.15) is 4.99 Å². The van der Waals surface area contributed by atoms with E-state index in [1.54, 1.807) is 48.8 Å². The third-order valence-electron chi connectivity index (χ3n) is 2.26. The Bertz CT molecular complexity index is 622. The minimum Gasteiger partial charge on any atom is -0.383 e. The molecule has 0 atom stereocenters. The molecule has 0 radical (unpaired) electrons. The zero-order valence-corrected chi connectivity index (χ0v) is 10.7. The fourth-order valence-corrected chi connectivity index (χ4v) is 1.60. The standard InChI is InChI=1S/C13H12ClN5/c14-10-3-1-2-9(8-10)12(15)19-13(16)18-11-4-6-17-7-5-11/h1-8H,(H4,15,16,17,18,19). The fraction of sp³-hybridized carbons (Fsp3) is 0. The Labute approximate surface area is 115 Å². The van der Waals surface area contributed by atoms with Crippen LogP contribution in [-0.2, 0) is 0 Å². The van der Waals surface area contributed by atoms with E-state index in [-0.39, 0.29) is 11.8 Å². The predicted octanol–water partition coefficient (Wildman–Crippen LogP) is 2.09. The lowest BCUT2D eigenvalue weighted by atomic mass is 10.2. The number of aromatic nitrogens is 1. The summed E-state index contributed by atoms with van der Waals surface area (Å²) < 4.78 is 0. The summed E-state index contributed by atoms with van der Waals surface area (Å²) in [7, 11) is 0. The number of aliphatic imine (C=N–C) groups is 2. The summed E-state index contributed by atoms with van der Waals surface area (Å²) in [5.41, 5.74) is 12.9. The van der Waals surface area contributed by atoms with Gasteiger partial charge >= 0.3 is 0 Å². The summed E-state index contributed by atoms with van der Waals surface area (Å²) in [4.78, 5) is 12.0. The van der Waals surface area contributed by atoms with Crippen LogP contribution in [0.1, 0.15) is 5.56 Å². The molecular weight excluding hydrogens is 262 g/mol. The maximum atomic E-state index is 5.88. The lowest BCUT2D eigenvalue weighted by molar-refractivity contribution is 1.30. The van der Waals surface area contributed by atoms with E-state index in [4.69, 9.17) is 23.1 Å². The van der Waals surface area contributed by atoms with Crippen molar-refractivity contribution >= 4 is 29.1 Å². The van der Waals surface area contributed by atoms with Gasteiger partial charge in [0.2, 0.25) is 5.96 Å². The smallest absolute Gasteiger partial charge is 0.222 e. The molecule has 0 aliphatic heterocycles. The van der Waals surface area contributed by atoms with Crippen molar-refractivity contribution in [3.05, 3.63) is 59.4 Å². The Balaban J connectivity index is 2.23. The van der Waals surface area contributed by atoms with Crippen molar-refractivity contribution in [1.29, 1.82) is 0 Å². The van der Waals surface area contributed by atoms with Crippen molar-refractivity contribution in [2.24, 2.45) is 21.5 Å². The largest absolute Gasteiger partial charge is 0.383 e. The molecule has 0 saturated carbocycles. The number of halogens is 1. The molecule has 1 aromatic heterocycles. The number of hydrogen-bond acceptors (Lipinski definition) is 2. The second kappa shape index (κ2) is 5.97. The van der Waals surface area contributed by atoms with Crippen LogP contribution in [0.25, 0.3) is 0 Å². The minimum absolute atomic E-state index is 0.0728. The second-order valence-corrected chi connectivity index (χ2v) is 4.12. The fourth-order valence-electron chi connectivity index (χ4n) is 1.41. The molecule has 0 spiro atoms. The van der Waals surface area contributed by atoms with Crippen molar-refractivity contribution in [3.63, 3.8) is 0 Å². The Morgan fingerprint density at radius 1 is 1.11 bits per heavy atom. The Hall–Kier alpha value is -2.40. The average molecular weight is 274 g/mol. The molecule has 5 nitrogen and oxygen atoms in total. The topological polar surface area (TPSA) is 89.6 Å². The zero-order chi connectivity index (χ0) is 13.7. The number of pyridine rings is 1. The normalized spacial score (nSPS) is 12.5. The molecule has 2 aromatic rings. The molecule has 0 aliphatic rings. The van der Waals surface area contributed by atoms with Gasteiger partial charge < -0.3 is 11.5 Å². The minimum atomic E-state index is 0.0728. The third-order valence-corrected chi connectivity index (χ3v) is 2.50. The SMILES string of the molecule is NC(=Nc1ccncc1)N=C(N)c1cccc(Cl)c1. The second-order valence-electron chi connectivity index (χ2n) is 3.68. The first-order chi connectivity index (χ1) is 9.15. The van der Waals surface area contributed by atoms with Gasteiger partial charge in [-0.15, -0.1) is 0 Å². The van der Waals surface area contributed by atoms with Crippen LogP contribution < -0.4 is 11.5 Å². The van der Waals surface area contributed by atoms with Gasteiger partial charge in [0, 0.05) is 23.0 Å². The first-order valence-electron chi connectivity index (χ1n) is 5.49. The Morgan fingerprint density at radius 2 is 1.84 bits per heavy atom. The van der Waals surface area contributed by atoms with Gasteiger partial charge in [0.05, 0.1) is 5.69 Å². The molecule has 0 saturated heterocycles. The van der Waals surface area contributed by atoms with Gasteiger partial charge in [-0.1, -0.05) is 23.7 Å². The number of benzene rings is 1. The molecular formula is C13H12ClN5. The molecule has 4 N–H and O–H groups in total. The predicted molar refractivity (Wildman–Crippen MR) is 77.7 cm³/mol. The number of hydrogen-bond donors (Lipinski definition) is 2. The lowest BCUT2D eigenvalue weighted by Crippen LogP contribution is -2.19. The first-order valence-corrected chi connectivity index (χ1v) is 5.87. The molecule has 0 bridgehead atoms. The summed E-state index contributed by atoms with van der Waals surface area (Å²) >= 11 is 5.88. The van der Waals surface area contributed by atoms with Crippen LogP contribution in [0, 0.1) is 0 Å². The molecule has 0 fully saturated rings. The number of guanidine groups is 1. The molecule has 1 aromatic carbocycles. The third kappa shape index (κ3) is 3.79. The maximum Gasteiger partial charge on any atom is 0.222 e. The molecule has 6 heteroatoms. The van der Waals surface area contributed by atoms with Crippen LogP contribution >= 0.6 is 11.6 Å². The average Bonchev–Trinajstić information content (AvgIpc) is 2.39. The highest BCUT2D eigenvalue weighted by Crippen LogP contribution is 2.11. The lowest BCUT2D eigenvalue weighted by Gasteiger charge is -2.01. The van der Waals surface area contributed by atoms with Crippen molar-refractivity contribution in [1.82, 2.24) is 4.98 Å². The van der Waals surface area contributed by atoms with E-state index in [0.29, 0.717) is 16.3 Å². The highest BCUT2D eigenvalue weighted by Gasteiger charge is 2.00. The summed E-state index contributed by atoms with van der Waals surface area (Å²) in [5, 5.41) is 0.584. The van der Waals surface area contributed by atoms with Gasteiger partial charge in [0.25, 0.3) is 0 Å². The van der Waals surface area contributed by atoms with Crippen LogP contribution in [-0.4, -0.2) is 16.8 Å². The van der Waals surface area contributed by atoms with Crippen LogP contribution in [0.4, 0.5) is 5.69 Å². The quantitative estimate of drug-likeness (QED) is 0.648. The molecule has 2 rings (SSSR count). The molecule has 96 valence electrons. The summed E-state index contributed by atoms with van der Waals surface area (Å²) in [6.07, 6.45) is 3.24. The van der Waals surface area contributed by atoms with Crippen molar-refractivity contribution in [2.75, 3.05) is 0 Å². The molecule has 0 amide bonds. The zero-order valence-electron chi connectivity index (χ0n) is 9.99. The van der Waals surface area contributed by atoms with Crippen molar-refractivity contribution in [3.8, 4) is 0 Å². The van der Waals surface area contributed by atoms with E-state index in [9.17, 15) is 0 Å². The van der Waals surface area contributed by atoms with E-state index in [1.165, 1.54) is 0 Å². The van der Waals surface area contributed by atoms with Gasteiger partial charge in [-0.3, -0.25) is 4.98 Å². The van der Waals surface area contributed by atoms with Gasteiger partial charge in [0.1, 0.15) is 5.84 Å². The monoisotopic (exact) mass is 273 g/mol. The first kappa shape index (κ1) is 13.0. The number of nitrogens with zero attached hydrogens (tertiary/aromatic N) is 3. The summed E-state index contributed by atoms with van der Waals surface area (Å²) in [5.74, 6) is 0.335. The van der Waals surface area contributed by atoms with Gasteiger partial charge in [0.15, 0.2) is 0 Å². The van der Waals surface area contributed by atoms with E-state index in [1.807, 2.05) is 0 Å². The molecule has 0 aliphatic carbocycles. The molecule has 0 unspecified atom stereocenters.